The fourth-order valence-corrected chi connectivity index (χ4v) is 2.05. The second-order valence-corrected chi connectivity index (χ2v) is 5.40. The van der Waals surface area contributed by atoms with Crippen molar-refractivity contribution in [2.24, 2.45) is 0 Å². The van der Waals surface area contributed by atoms with E-state index in [4.69, 9.17) is 4.74 Å². The average Bonchev–Trinajstić information content (AvgIpc) is 2.63. The molecule has 0 saturated carbocycles. The van der Waals surface area contributed by atoms with Crippen LogP contribution in [0.3, 0.4) is 0 Å². The van der Waals surface area contributed by atoms with Crippen molar-refractivity contribution in [3.05, 3.63) is 65.7 Å². The third kappa shape index (κ3) is 6.46. The minimum atomic E-state index is -4.49. The first kappa shape index (κ1) is 19.3. The fraction of sp³-hybridized carbons (Fsp3) is 0.222. The number of carbonyl (C=O) groups excluding carboxylic acids is 2. The minimum Gasteiger partial charge on any atom is -0.484 e. The van der Waals surface area contributed by atoms with Crippen molar-refractivity contribution >= 4 is 11.8 Å². The predicted octanol–water partition coefficient (Wildman–Crippen LogP) is 2.86. The number of halogens is 3. The Morgan fingerprint density at radius 3 is 2.31 bits per heavy atom. The Labute approximate surface area is 148 Å². The molecule has 2 amide bonds. The smallest absolute Gasteiger partial charge is 0.416 e. The zero-order valence-electron chi connectivity index (χ0n) is 13.7. The van der Waals surface area contributed by atoms with E-state index in [-0.39, 0.29) is 18.1 Å². The van der Waals surface area contributed by atoms with E-state index in [9.17, 15) is 22.8 Å². The molecule has 2 rings (SSSR count). The molecule has 26 heavy (non-hydrogen) atoms. The summed E-state index contributed by atoms with van der Waals surface area (Å²) in [5.74, 6) is -1.16. The van der Waals surface area contributed by atoms with Crippen molar-refractivity contribution < 1.29 is 27.5 Å². The van der Waals surface area contributed by atoms with Gasteiger partial charge in [-0.2, -0.15) is 13.2 Å². The SMILES string of the molecule is O=C(CCc1ccccc1)NNC(=O)COc1cccc(C(F)(F)F)c1. The van der Waals surface area contributed by atoms with Gasteiger partial charge in [-0.1, -0.05) is 36.4 Å². The molecule has 8 heteroatoms. The van der Waals surface area contributed by atoms with Crippen LogP contribution in [0.1, 0.15) is 17.5 Å². The molecule has 0 atom stereocenters. The van der Waals surface area contributed by atoms with Crippen molar-refractivity contribution in [2.75, 3.05) is 6.61 Å². The normalized spacial score (nSPS) is 10.9. The van der Waals surface area contributed by atoms with Crippen LogP contribution in [0.4, 0.5) is 13.2 Å². The summed E-state index contributed by atoms with van der Waals surface area (Å²) in [5, 5.41) is 0. The number of hydrogen-bond donors (Lipinski definition) is 2. The molecule has 0 bridgehead atoms. The lowest BCUT2D eigenvalue weighted by molar-refractivity contribution is -0.137. The Morgan fingerprint density at radius 1 is 0.923 bits per heavy atom. The Morgan fingerprint density at radius 2 is 1.62 bits per heavy atom. The second-order valence-electron chi connectivity index (χ2n) is 5.40. The summed E-state index contributed by atoms with van der Waals surface area (Å²) in [7, 11) is 0. The van der Waals surface area contributed by atoms with E-state index in [0.717, 1.165) is 17.7 Å². The molecule has 2 aromatic rings. The quantitative estimate of drug-likeness (QED) is 0.773. The molecule has 2 aromatic carbocycles. The van der Waals surface area contributed by atoms with E-state index in [2.05, 4.69) is 10.9 Å². The van der Waals surface area contributed by atoms with Gasteiger partial charge in [-0.15, -0.1) is 0 Å². The molecular weight excluding hydrogens is 349 g/mol. The highest BCUT2D eigenvalue weighted by Gasteiger charge is 2.30. The third-order valence-electron chi connectivity index (χ3n) is 3.36. The van der Waals surface area contributed by atoms with Gasteiger partial charge >= 0.3 is 6.18 Å². The molecular formula is C18H17F3N2O3. The van der Waals surface area contributed by atoms with E-state index in [1.54, 1.807) is 0 Å². The lowest BCUT2D eigenvalue weighted by atomic mass is 10.1. The molecule has 0 aliphatic heterocycles. The van der Waals surface area contributed by atoms with Crippen molar-refractivity contribution in [3.8, 4) is 5.75 Å². The van der Waals surface area contributed by atoms with E-state index < -0.39 is 24.3 Å². The standard InChI is InChI=1S/C18H17F3N2O3/c19-18(20,21)14-7-4-8-15(11-14)26-12-17(25)23-22-16(24)10-9-13-5-2-1-3-6-13/h1-8,11H,9-10,12H2,(H,22,24)(H,23,25). The molecule has 0 fully saturated rings. The number of amides is 2. The van der Waals surface area contributed by atoms with Crippen LogP contribution >= 0.6 is 0 Å². The zero-order valence-corrected chi connectivity index (χ0v) is 13.7. The van der Waals surface area contributed by atoms with Gasteiger partial charge < -0.3 is 4.74 Å². The number of hydrazine groups is 1. The van der Waals surface area contributed by atoms with Gasteiger partial charge in [0.2, 0.25) is 5.91 Å². The lowest BCUT2D eigenvalue weighted by Gasteiger charge is -2.11. The Bertz CT molecular complexity index is 749. The number of ether oxygens (including phenoxy) is 1. The summed E-state index contributed by atoms with van der Waals surface area (Å²) in [4.78, 5) is 23.3. The van der Waals surface area contributed by atoms with Gasteiger partial charge in [-0.25, -0.2) is 0 Å². The molecule has 0 radical (unpaired) electrons. The van der Waals surface area contributed by atoms with Crippen LogP contribution in [-0.4, -0.2) is 18.4 Å². The maximum Gasteiger partial charge on any atom is 0.416 e. The third-order valence-corrected chi connectivity index (χ3v) is 3.36. The fourth-order valence-electron chi connectivity index (χ4n) is 2.05. The summed E-state index contributed by atoms with van der Waals surface area (Å²) in [6, 6.07) is 13.5. The molecule has 0 saturated heterocycles. The highest BCUT2D eigenvalue weighted by molar-refractivity contribution is 5.82. The van der Waals surface area contributed by atoms with Gasteiger partial charge in [0, 0.05) is 6.42 Å². The van der Waals surface area contributed by atoms with Crippen LogP contribution in [0, 0.1) is 0 Å². The first-order valence-electron chi connectivity index (χ1n) is 7.76. The van der Waals surface area contributed by atoms with Crippen LogP contribution < -0.4 is 15.6 Å². The Balaban J connectivity index is 1.71. The van der Waals surface area contributed by atoms with E-state index in [1.807, 2.05) is 30.3 Å². The molecule has 0 heterocycles. The Hall–Kier alpha value is -3.03. The van der Waals surface area contributed by atoms with Crippen LogP contribution in [-0.2, 0) is 22.2 Å². The Kier molecular flexibility index (Phi) is 6.60. The molecule has 0 aliphatic rings. The van der Waals surface area contributed by atoms with Gasteiger partial charge in [-0.3, -0.25) is 20.4 Å². The first-order chi connectivity index (χ1) is 12.3. The number of hydrogen-bond acceptors (Lipinski definition) is 3. The average molecular weight is 366 g/mol. The maximum absolute atomic E-state index is 12.6. The maximum atomic E-state index is 12.6. The lowest BCUT2D eigenvalue weighted by Crippen LogP contribution is -2.43. The number of rotatable bonds is 6. The van der Waals surface area contributed by atoms with Crippen LogP contribution in [0.5, 0.6) is 5.75 Å². The van der Waals surface area contributed by atoms with Crippen molar-refractivity contribution in [1.29, 1.82) is 0 Å². The van der Waals surface area contributed by atoms with E-state index >= 15 is 0 Å². The topological polar surface area (TPSA) is 67.4 Å². The molecule has 138 valence electrons. The van der Waals surface area contributed by atoms with Gasteiger partial charge in [-0.05, 0) is 30.2 Å². The van der Waals surface area contributed by atoms with Crippen LogP contribution in [0.2, 0.25) is 0 Å². The minimum absolute atomic E-state index is 0.0922. The largest absolute Gasteiger partial charge is 0.484 e. The van der Waals surface area contributed by atoms with Gasteiger partial charge in [0.15, 0.2) is 6.61 Å². The number of benzene rings is 2. The van der Waals surface area contributed by atoms with E-state index in [1.165, 1.54) is 12.1 Å². The van der Waals surface area contributed by atoms with Crippen LogP contribution in [0.25, 0.3) is 0 Å². The summed E-state index contributed by atoms with van der Waals surface area (Å²) in [6.45, 7) is -0.528. The van der Waals surface area contributed by atoms with Crippen molar-refractivity contribution in [2.45, 2.75) is 19.0 Å². The highest BCUT2D eigenvalue weighted by atomic mass is 19.4. The summed E-state index contributed by atoms with van der Waals surface area (Å²) >= 11 is 0. The molecule has 2 N–H and O–H groups in total. The molecule has 0 spiro atoms. The number of carbonyl (C=O) groups is 2. The molecule has 0 aromatic heterocycles. The highest BCUT2D eigenvalue weighted by Crippen LogP contribution is 2.31. The monoisotopic (exact) mass is 366 g/mol. The molecule has 0 aliphatic carbocycles. The summed E-state index contributed by atoms with van der Waals surface area (Å²) in [6.07, 6.45) is -3.80. The molecule has 0 unspecified atom stereocenters. The number of nitrogens with one attached hydrogen (secondary N) is 2. The summed E-state index contributed by atoms with van der Waals surface area (Å²) < 4.78 is 42.8. The zero-order chi connectivity index (χ0) is 19.0. The predicted molar refractivity (Wildman–Crippen MR) is 88.0 cm³/mol. The van der Waals surface area contributed by atoms with Crippen molar-refractivity contribution in [3.63, 3.8) is 0 Å². The second kappa shape index (κ2) is 8.89. The summed E-state index contributed by atoms with van der Waals surface area (Å²) in [5.41, 5.74) is 4.49. The van der Waals surface area contributed by atoms with Gasteiger partial charge in [0.05, 0.1) is 5.56 Å². The van der Waals surface area contributed by atoms with Crippen molar-refractivity contribution in [1.82, 2.24) is 10.9 Å². The number of aryl methyl sites for hydroxylation is 1. The van der Waals surface area contributed by atoms with Gasteiger partial charge in [0.25, 0.3) is 5.91 Å². The number of alkyl halides is 3. The van der Waals surface area contributed by atoms with Gasteiger partial charge in [0.1, 0.15) is 5.75 Å². The van der Waals surface area contributed by atoms with E-state index in [0.29, 0.717) is 6.42 Å². The first-order valence-corrected chi connectivity index (χ1v) is 7.76. The van der Waals surface area contributed by atoms with Crippen LogP contribution in [0.15, 0.2) is 54.6 Å². The molecule has 5 nitrogen and oxygen atoms in total.